The maximum atomic E-state index is 15.3. The Hall–Kier alpha value is -4.18. The van der Waals surface area contributed by atoms with Gasteiger partial charge in [0.1, 0.15) is 12.7 Å². The van der Waals surface area contributed by atoms with Gasteiger partial charge in [0.15, 0.2) is 29.0 Å². The molecule has 1 heterocycles. The predicted octanol–water partition coefficient (Wildman–Crippen LogP) is 10.4. The molecule has 4 aromatic rings. The van der Waals surface area contributed by atoms with Crippen molar-refractivity contribution in [3.63, 3.8) is 0 Å². The van der Waals surface area contributed by atoms with Crippen molar-refractivity contribution in [1.82, 2.24) is 9.97 Å². The Kier molecular flexibility index (Phi) is 12.4. The summed E-state index contributed by atoms with van der Waals surface area (Å²) in [5.41, 5.74) is -1.52. The number of aliphatic hydroxyl groups is 1. The molecule has 0 aliphatic carbocycles. The van der Waals surface area contributed by atoms with Gasteiger partial charge in [-0.15, -0.1) is 0 Å². The number of hydrogen-bond acceptors (Lipinski definition) is 4. The first-order chi connectivity index (χ1) is 22.2. The van der Waals surface area contributed by atoms with Crippen LogP contribution >= 0.6 is 0 Å². The van der Waals surface area contributed by atoms with Crippen LogP contribution in [0.25, 0.3) is 33.4 Å². The summed E-state index contributed by atoms with van der Waals surface area (Å²) in [6, 6.07) is 10.4. The van der Waals surface area contributed by atoms with Gasteiger partial charge in [-0.3, -0.25) is 0 Å². The van der Waals surface area contributed by atoms with Crippen LogP contribution in [-0.2, 0) is 0 Å². The molecule has 0 bridgehead atoms. The maximum absolute atomic E-state index is 15.3. The molecule has 46 heavy (non-hydrogen) atoms. The molecule has 1 aromatic heterocycles. The molecule has 4 rings (SSSR count). The highest BCUT2D eigenvalue weighted by Crippen LogP contribution is 2.36. The number of aliphatic hydroxyl groups excluding tert-OH is 1. The van der Waals surface area contributed by atoms with Gasteiger partial charge in [0.05, 0.1) is 5.56 Å². The van der Waals surface area contributed by atoms with E-state index in [1.54, 1.807) is 6.08 Å². The molecular weight excluding hydrogens is 606 g/mol. The molecule has 0 radical (unpaired) electrons. The van der Waals surface area contributed by atoms with Crippen molar-refractivity contribution >= 4 is 0 Å². The van der Waals surface area contributed by atoms with E-state index in [2.05, 4.69) is 16.9 Å². The van der Waals surface area contributed by atoms with E-state index in [0.29, 0.717) is 6.42 Å². The van der Waals surface area contributed by atoms with E-state index in [9.17, 15) is 22.7 Å². The average Bonchev–Trinajstić information content (AvgIpc) is 3.04. The summed E-state index contributed by atoms with van der Waals surface area (Å²) in [5.74, 6) is -8.75. The van der Waals surface area contributed by atoms with Crippen molar-refractivity contribution in [2.24, 2.45) is 0 Å². The summed E-state index contributed by atoms with van der Waals surface area (Å²) in [7, 11) is 0. The molecule has 0 saturated carbocycles. The van der Waals surface area contributed by atoms with Crippen molar-refractivity contribution in [1.29, 1.82) is 0 Å². The van der Waals surface area contributed by atoms with Gasteiger partial charge >= 0.3 is 0 Å². The number of rotatable bonds is 15. The van der Waals surface area contributed by atoms with E-state index in [-0.39, 0.29) is 41.0 Å². The lowest BCUT2D eigenvalue weighted by Crippen LogP contribution is -2.10. The van der Waals surface area contributed by atoms with E-state index >= 15 is 8.78 Å². The third kappa shape index (κ3) is 8.15. The molecule has 1 N–H and O–H groups in total. The molecule has 0 fully saturated rings. The average molecular weight is 643 g/mol. The van der Waals surface area contributed by atoms with Crippen LogP contribution in [-0.4, -0.2) is 21.7 Å². The lowest BCUT2D eigenvalue weighted by atomic mass is 9.97. The second-order valence-electron chi connectivity index (χ2n) is 10.9. The predicted molar refractivity (Wildman–Crippen MR) is 166 cm³/mol. The van der Waals surface area contributed by atoms with Crippen molar-refractivity contribution in [3.05, 3.63) is 102 Å². The van der Waals surface area contributed by atoms with Crippen LogP contribution < -0.4 is 4.74 Å². The van der Waals surface area contributed by atoms with Gasteiger partial charge in [-0.25, -0.2) is 23.1 Å². The van der Waals surface area contributed by atoms with Crippen LogP contribution in [0.3, 0.4) is 0 Å². The highest BCUT2D eigenvalue weighted by atomic mass is 19.2. The smallest absolute Gasteiger partial charge is 0.227 e. The first kappa shape index (κ1) is 34.7. The van der Waals surface area contributed by atoms with Crippen LogP contribution in [0, 0.1) is 35.2 Å². The van der Waals surface area contributed by atoms with E-state index < -0.39 is 58.2 Å². The number of nitrogens with zero attached hydrogens (tertiary/aromatic N) is 2. The van der Waals surface area contributed by atoms with Crippen LogP contribution in [0.1, 0.15) is 77.1 Å². The number of aromatic nitrogens is 2. The molecule has 1 unspecified atom stereocenters. The Labute approximate surface area is 264 Å². The molecule has 10 heteroatoms. The zero-order valence-electron chi connectivity index (χ0n) is 25.7. The topological polar surface area (TPSA) is 55.2 Å². The molecule has 0 aliphatic rings. The highest BCUT2D eigenvalue weighted by Gasteiger charge is 2.25. The fourth-order valence-electron chi connectivity index (χ4n) is 5.08. The van der Waals surface area contributed by atoms with Gasteiger partial charge in [0.25, 0.3) is 0 Å². The van der Waals surface area contributed by atoms with Crippen LogP contribution in [0.2, 0.25) is 0 Å². The molecule has 0 amide bonds. The third-order valence-corrected chi connectivity index (χ3v) is 7.61. The summed E-state index contributed by atoms with van der Waals surface area (Å²) in [4.78, 5) is 7.09. The minimum absolute atomic E-state index is 0.0611. The number of halogens is 6. The Morgan fingerprint density at radius 2 is 1.17 bits per heavy atom. The Balaban J connectivity index is 1.52. The quantitative estimate of drug-likeness (QED) is 0.0607. The zero-order chi connectivity index (χ0) is 33.2. The third-order valence-electron chi connectivity index (χ3n) is 7.61. The van der Waals surface area contributed by atoms with E-state index in [1.807, 2.05) is 13.0 Å². The first-order valence-electron chi connectivity index (χ1n) is 15.4. The van der Waals surface area contributed by atoms with E-state index in [1.165, 1.54) is 36.4 Å². The molecule has 4 nitrogen and oxygen atoms in total. The van der Waals surface area contributed by atoms with Gasteiger partial charge in [0, 0.05) is 16.7 Å². The van der Waals surface area contributed by atoms with Crippen molar-refractivity contribution in [2.75, 3.05) is 6.61 Å². The summed E-state index contributed by atoms with van der Waals surface area (Å²) in [5, 5.41) is 10.3. The Morgan fingerprint density at radius 1 is 0.652 bits per heavy atom. The second kappa shape index (κ2) is 16.4. The molecule has 1 atom stereocenters. The highest BCUT2D eigenvalue weighted by molar-refractivity contribution is 5.74. The van der Waals surface area contributed by atoms with Gasteiger partial charge in [-0.1, -0.05) is 101 Å². The maximum Gasteiger partial charge on any atom is 0.227 e. The molecule has 0 saturated heterocycles. The monoisotopic (exact) mass is 642 g/mol. The molecule has 0 aliphatic heterocycles. The second-order valence-corrected chi connectivity index (χ2v) is 10.9. The fraction of sp³-hybridized carbons (Fsp3) is 0.333. The lowest BCUT2D eigenvalue weighted by molar-refractivity contribution is 0.151. The van der Waals surface area contributed by atoms with Gasteiger partial charge in [-0.05, 0) is 36.1 Å². The van der Waals surface area contributed by atoms with Gasteiger partial charge in [-0.2, -0.15) is 13.2 Å². The summed E-state index contributed by atoms with van der Waals surface area (Å²) in [6.45, 7) is 4.11. The normalized spacial score (nSPS) is 12.2. The lowest BCUT2D eigenvalue weighted by Gasteiger charge is -2.13. The molecule has 244 valence electrons. The Morgan fingerprint density at radius 3 is 1.78 bits per heavy atom. The van der Waals surface area contributed by atoms with Crippen LogP contribution in [0.5, 0.6) is 5.75 Å². The molecule has 0 spiro atoms. The summed E-state index contributed by atoms with van der Waals surface area (Å²) < 4.78 is 95.1. The molecule has 3 aromatic carbocycles. The molecular formula is C36H36F6N2O2. The summed E-state index contributed by atoms with van der Waals surface area (Å²) in [6.07, 6.45) is 8.92. The van der Waals surface area contributed by atoms with Crippen LogP contribution in [0.15, 0.2) is 60.7 Å². The largest absolute Gasteiger partial charge is 0.486 e. The van der Waals surface area contributed by atoms with Gasteiger partial charge in [0.2, 0.25) is 17.7 Å². The van der Waals surface area contributed by atoms with Gasteiger partial charge < -0.3 is 9.84 Å². The zero-order valence-corrected chi connectivity index (χ0v) is 25.7. The standard InChI is InChI=1S/C36H36F6N2O2/c1-3-5-7-8-9-10-12-27(45)36-43-34(41)29(35(42)44-36)26-18-17-24(30(37)32(26)39)22-13-15-23(16-14-22)25-19-20-28(33(40)31(25)38)46-21-11-6-4-2/h6,11,13-20,27,45H,3-5,7-10,12,21H2,1-2H3/b11-6+. The number of allylic oxidation sites excluding steroid dienone is 1. The summed E-state index contributed by atoms with van der Waals surface area (Å²) >= 11 is 0. The van der Waals surface area contributed by atoms with Crippen LogP contribution in [0.4, 0.5) is 26.3 Å². The van der Waals surface area contributed by atoms with Crippen molar-refractivity contribution in [2.45, 2.75) is 71.3 Å². The number of ether oxygens (including phenoxy) is 1. The number of hydrogen-bond donors (Lipinski definition) is 1. The van der Waals surface area contributed by atoms with Crippen molar-refractivity contribution < 1.29 is 36.2 Å². The fourth-order valence-corrected chi connectivity index (χ4v) is 5.08. The SMILES string of the molecule is CC/C=C/COc1ccc(-c2ccc(-c3ccc(-c4c(F)nc(C(O)CCCCCCCC)nc4F)c(F)c3F)cc2)c(F)c1F. The minimum atomic E-state index is -1.53. The Bertz CT molecular complexity index is 1640. The van der Waals surface area contributed by atoms with E-state index in [0.717, 1.165) is 50.7 Å². The first-order valence-corrected chi connectivity index (χ1v) is 15.4. The number of unbranched alkanes of at least 4 members (excludes halogenated alkanes) is 5. The minimum Gasteiger partial charge on any atom is -0.486 e. The van der Waals surface area contributed by atoms with Crippen molar-refractivity contribution in [3.8, 4) is 39.1 Å². The number of benzene rings is 3. The van der Waals surface area contributed by atoms with E-state index in [4.69, 9.17) is 4.74 Å².